The Bertz CT molecular complexity index is 924. The summed E-state index contributed by atoms with van der Waals surface area (Å²) in [6.45, 7) is 2.03. The van der Waals surface area contributed by atoms with Crippen molar-refractivity contribution in [2.75, 3.05) is 10.6 Å². The van der Waals surface area contributed by atoms with E-state index in [1.165, 1.54) is 4.57 Å². The number of carbonyl (C=O) groups is 1. The molecular formula is C17H17N3O3. The largest absolute Gasteiger partial charge is 0.419 e. The Balaban J connectivity index is 1.79. The molecule has 0 aliphatic carbocycles. The van der Waals surface area contributed by atoms with Crippen molar-refractivity contribution in [3.63, 3.8) is 0 Å². The molecule has 0 aliphatic heterocycles. The average molecular weight is 311 g/mol. The number of nitrogens with zero attached hydrogens (tertiary/aromatic N) is 1. The summed E-state index contributed by atoms with van der Waals surface area (Å²) in [5.74, 6) is -0.432. The van der Waals surface area contributed by atoms with E-state index in [0.29, 0.717) is 16.8 Å². The van der Waals surface area contributed by atoms with E-state index in [4.69, 9.17) is 4.42 Å². The number of para-hydroxylation sites is 1. The van der Waals surface area contributed by atoms with Crippen molar-refractivity contribution in [3.05, 3.63) is 58.6 Å². The summed E-state index contributed by atoms with van der Waals surface area (Å²) in [5, 5.41) is 5.57. The number of aryl methyl sites for hydroxylation is 2. The fourth-order valence-electron chi connectivity index (χ4n) is 2.45. The average Bonchev–Trinajstić information content (AvgIpc) is 2.82. The Kier molecular flexibility index (Phi) is 3.89. The summed E-state index contributed by atoms with van der Waals surface area (Å²) in [7, 11) is 1.63. The highest BCUT2D eigenvalue weighted by molar-refractivity contribution is 6.01. The summed E-state index contributed by atoms with van der Waals surface area (Å²) in [5.41, 5.74) is 3.51. The lowest BCUT2D eigenvalue weighted by Gasteiger charge is -2.10. The number of rotatable bonds is 3. The molecular weight excluding hydrogens is 294 g/mol. The minimum Gasteiger partial charge on any atom is -0.408 e. The molecule has 0 saturated carbocycles. The van der Waals surface area contributed by atoms with Gasteiger partial charge >= 0.3 is 11.8 Å². The highest BCUT2D eigenvalue weighted by Crippen LogP contribution is 2.19. The van der Waals surface area contributed by atoms with Gasteiger partial charge in [-0.05, 0) is 30.2 Å². The zero-order chi connectivity index (χ0) is 16.4. The SMILES string of the molecule is CCc1ccccc1NC(=O)Nc1ccc2c(c1)oc(=O)n2C. The topological polar surface area (TPSA) is 76.3 Å². The molecule has 2 amide bonds. The number of aromatic nitrogens is 1. The number of amides is 2. The van der Waals surface area contributed by atoms with Crippen LogP contribution in [0.2, 0.25) is 0 Å². The molecule has 3 aromatic rings. The van der Waals surface area contributed by atoms with Crippen LogP contribution in [0.4, 0.5) is 16.2 Å². The van der Waals surface area contributed by atoms with Crippen LogP contribution in [0, 0.1) is 0 Å². The minimum absolute atomic E-state index is 0.344. The van der Waals surface area contributed by atoms with Crippen LogP contribution < -0.4 is 16.4 Å². The van der Waals surface area contributed by atoms with Gasteiger partial charge in [-0.3, -0.25) is 4.57 Å². The van der Waals surface area contributed by atoms with Gasteiger partial charge in [0.25, 0.3) is 0 Å². The lowest BCUT2D eigenvalue weighted by Crippen LogP contribution is -2.20. The number of nitrogens with one attached hydrogen (secondary N) is 2. The molecule has 23 heavy (non-hydrogen) atoms. The Morgan fingerprint density at radius 2 is 1.96 bits per heavy atom. The van der Waals surface area contributed by atoms with Crippen LogP contribution in [0.25, 0.3) is 11.1 Å². The van der Waals surface area contributed by atoms with Gasteiger partial charge in [0.1, 0.15) is 0 Å². The molecule has 6 heteroatoms. The van der Waals surface area contributed by atoms with E-state index in [9.17, 15) is 9.59 Å². The molecule has 0 bridgehead atoms. The van der Waals surface area contributed by atoms with E-state index in [-0.39, 0.29) is 6.03 Å². The zero-order valence-electron chi connectivity index (χ0n) is 12.9. The van der Waals surface area contributed by atoms with Crippen LogP contribution in [-0.4, -0.2) is 10.6 Å². The van der Waals surface area contributed by atoms with E-state index < -0.39 is 5.76 Å². The molecule has 0 saturated heterocycles. The standard InChI is InChI=1S/C17H17N3O3/c1-3-11-6-4-5-7-13(11)19-16(21)18-12-8-9-14-15(10-12)23-17(22)20(14)2/h4-10H,3H2,1-2H3,(H2,18,19,21). The van der Waals surface area contributed by atoms with Gasteiger partial charge in [-0.1, -0.05) is 25.1 Å². The first kappa shape index (κ1) is 14.9. The predicted octanol–water partition coefficient (Wildman–Crippen LogP) is 3.34. The summed E-state index contributed by atoms with van der Waals surface area (Å²) >= 11 is 0. The van der Waals surface area contributed by atoms with Crippen molar-refractivity contribution in [2.45, 2.75) is 13.3 Å². The van der Waals surface area contributed by atoms with Crippen LogP contribution in [0.15, 0.2) is 51.7 Å². The molecule has 0 fully saturated rings. The molecule has 0 unspecified atom stereocenters. The first-order valence-electron chi connectivity index (χ1n) is 7.34. The van der Waals surface area contributed by atoms with Crippen LogP contribution in [0.3, 0.4) is 0 Å². The van der Waals surface area contributed by atoms with E-state index in [2.05, 4.69) is 10.6 Å². The number of carbonyl (C=O) groups excluding carboxylic acids is 1. The van der Waals surface area contributed by atoms with Gasteiger partial charge < -0.3 is 15.1 Å². The quantitative estimate of drug-likeness (QED) is 0.779. The monoisotopic (exact) mass is 311 g/mol. The van der Waals surface area contributed by atoms with Crippen molar-refractivity contribution in [3.8, 4) is 0 Å². The lowest BCUT2D eigenvalue weighted by atomic mass is 10.1. The normalized spacial score (nSPS) is 10.7. The third kappa shape index (κ3) is 2.96. The Morgan fingerprint density at radius 3 is 2.74 bits per heavy atom. The molecule has 0 atom stereocenters. The van der Waals surface area contributed by atoms with Crippen molar-refractivity contribution in [1.29, 1.82) is 0 Å². The van der Waals surface area contributed by atoms with Crippen molar-refractivity contribution < 1.29 is 9.21 Å². The van der Waals surface area contributed by atoms with Crippen molar-refractivity contribution in [2.24, 2.45) is 7.05 Å². The Morgan fingerprint density at radius 1 is 1.17 bits per heavy atom. The van der Waals surface area contributed by atoms with Crippen LogP contribution >= 0.6 is 0 Å². The van der Waals surface area contributed by atoms with Gasteiger partial charge in [0.2, 0.25) is 0 Å². The summed E-state index contributed by atoms with van der Waals surface area (Å²) in [6.07, 6.45) is 0.831. The minimum atomic E-state index is -0.432. The highest BCUT2D eigenvalue weighted by Gasteiger charge is 2.09. The second-order valence-corrected chi connectivity index (χ2v) is 5.20. The second-order valence-electron chi connectivity index (χ2n) is 5.20. The molecule has 1 aromatic heterocycles. The molecule has 118 valence electrons. The number of benzene rings is 2. The molecule has 6 nitrogen and oxygen atoms in total. The van der Waals surface area contributed by atoms with Gasteiger partial charge in [0, 0.05) is 24.5 Å². The Labute approximate surface area is 132 Å². The van der Waals surface area contributed by atoms with Crippen LogP contribution in [-0.2, 0) is 13.5 Å². The molecule has 0 aliphatic rings. The molecule has 2 N–H and O–H groups in total. The van der Waals surface area contributed by atoms with E-state index in [1.807, 2.05) is 31.2 Å². The third-order valence-corrected chi connectivity index (χ3v) is 3.70. The molecule has 0 radical (unpaired) electrons. The summed E-state index contributed by atoms with van der Waals surface area (Å²) < 4.78 is 6.52. The van der Waals surface area contributed by atoms with Gasteiger partial charge in [-0.2, -0.15) is 0 Å². The number of fused-ring (bicyclic) bond motifs is 1. The molecule has 0 spiro atoms. The smallest absolute Gasteiger partial charge is 0.408 e. The fraction of sp³-hybridized carbons (Fsp3) is 0.176. The number of hydrogen-bond acceptors (Lipinski definition) is 3. The van der Waals surface area contributed by atoms with Crippen molar-refractivity contribution >= 4 is 28.5 Å². The van der Waals surface area contributed by atoms with Gasteiger partial charge in [0.15, 0.2) is 5.58 Å². The first-order chi connectivity index (χ1) is 11.1. The van der Waals surface area contributed by atoms with Crippen molar-refractivity contribution in [1.82, 2.24) is 4.57 Å². The van der Waals surface area contributed by atoms with E-state index in [1.54, 1.807) is 25.2 Å². The third-order valence-electron chi connectivity index (χ3n) is 3.70. The predicted molar refractivity (Wildman–Crippen MR) is 89.9 cm³/mol. The Hall–Kier alpha value is -3.02. The molecule has 1 heterocycles. The molecule has 3 rings (SSSR count). The first-order valence-corrected chi connectivity index (χ1v) is 7.34. The van der Waals surface area contributed by atoms with E-state index >= 15 is 0 Å². The highest BCUT2D eigenvalue weighted by atomic mass is 16.4. The molecule has 2 aromatic carbocycles. The fourth-order valence-corrected chi connectivity index (χ4v) is 2.45. The van der Waals surface area contributed by atoms with Crippen LogP contribution in [0.1, 0.15) is 12.5 Å². The maximum Gasteiger partial charge on any atom is 0.419 e. The zero-order valence-corrected chi connectivity index (χ0v) is 12.9. The number of hydrogen-bond donors (Lipinski definition) is 2. The number of oxazole rings is 1. The number of anilines is 2. The maximum absolute atomic E-state index is 12.1. The second kappa shape index (κ2) is 6.00. The lowest BCUT2D eigenvalue weighted by molar-refractivity contribution is 0.262. The van der Waals surface area contributed by atoms with Crippen LogP contribution in [0.5, 0.6) is 0 Å². The van der Waals surface area contributed by atoms with E-state index in [0.717, 1.165) is 17.7 Å². The van der Waals surface area contributed by atoms with Gasteiger partial charge in [0.05, 0.1) is 5.52 Å². The van der Waals surface area contributed by atoms with Gasteiger partial charge in [-0.25, -0.2) is 9.59 Å². The maximum atomic E-state index is 12.1. The summed E-state index contributed by atoms with van der Waals surface area (Å²) in [4.78, 5) is 23.6. The summed E-state index contributed by atoms with van der Waals surface area (Å²) in [6, 6.07) is 12.4. The van der Waals surface area contributed by atoms with Gasteiger partial charge in [-0.15, -0.1) is 0 Å². The number of urea groups is 1.